The lowest BCUT2D eigenvalue weighted by Crippen LogP contribution is -2.27. The zero-order valence-corrected chi connectivity index (χ0v) is 19.0. The number of carbonyl (C=O) groups is 2. The van der Waals surface area contributed by atoms with Crippen LogP contribution < -0.4 is 10.1 Å². The summed E-state index contributed by atoms with van der Waals surface area (Å²) in [6.07, 6.45) is 1.79. The van der Waals surface area contributed by atoms with Gasteiger partial charge in [-0.1, -0.05) is 66.4 Å². The van der Waals surface area contributed by atoms with Gasteiger partial charge >= 0.3 is 0 Å². The molecule has 4 rings (SSSR count). The van der Waals surface area contributed by atoms with Crippen LogP contribution in [0.15, 0.2) is 83.8 Å². The minimum absolute atomic E-state index is 0.119. The standard InChI is InChI=1S/C25H19FN2O3S2/c26-19-8-10-20(11-9-19)27-23(29)16-31-21-12-6-17(7-13-21)14-22-24(30)28(25(32)33-22)15-18-4-2-1-3-5-18/h1-14H,15-16H2,(H,27,29)/b22-14-. The van der Waals surface area contributed by atoms with Crippen LogP contribution in [0.1, 0.15) is 11.1 Å². The molecule has 1 aliphatic rings. The molecule has 8 heteroatoms. The lowest BCUT2D eigenvalue weighted by atomic mass is 10.2. The Morgan fingerprint density at radius 2 is 1.73 bits per heavy atom. The van der Waals surface area contributed by atoms with E-state index in [0.29, 0.717) is 27.2 Å². The molecule has 1 fully saturated rings. The summed E-state index contributed by atoms with van der Waals surface area (Å²) in [5.41, 5.74) is 2.32. The number of thioether (sulfide) groups is 1. The smallest absolute Gasteiger partial charge is 0.266 e. The molecule has 1 N–H and O–H groups in total. The van der Waals surface area contributed by atoms with Gasteiger partial charge in [-0.2, -0.15) is 0 Å². The van der Waals surface area contributed by atoms with Crippen molar-refractivity contribution in [3.05, 3.63) is 101 Å². The Balaban J connectivity index is 1.33. The molecule has 1 aliphatic heterocycles. The first kappa shape index (κ1) is 22.7. The molecule has 0 radical (unpaired) electrons. The molecule has 0 aromatic heterocycles. The normalized spacial score (nSPS) is 14.6. The lowest BCUT2D eigenvalue weighted by molar-refractivity contribution is -0.122. The first-order valence-electron chi connectivity index (χ1n) is 10.1. The molecule has 33 heavy (non-hydrogen) atoms. The number of hydrogen-bond donors (Lipinski definition) is 1. The van der Waals surface area contributed by atoms with Crippen LogP contribution in [-0.4, -0.2) is 27.6 Å². The number of thiocarbonyl (C=S) groups is 1. The summed E-state index contributed by atoms with van der Waals surface area (Å²) < 4.78 is 19.0. The van der Waals surface area contributed by atoms with Crippen LogP contribution in [0.4, 0.5) is 10.1 Å². The van der Waals surface area contributed by atoms with Gasteiger partial charge in [0, 0.05) is 5.69 Å². The molecule has 166 valence electrons. The van der Waals surface area contributed by atoms with E-state index in [9.17, 15) is 14.0 Å². The van der Waals surface area contributed by atoms with Gasteiger partial charge in [-0.3, -0.25) is 14.5 Å². The average molecular weight is 479 g/mol. The monoisotopic (exact) mass is 478 g/mol. The fraction of sp³-hybridized carbons (Fsp3) is 0.0800. The van der Waals surface area contributed by atoms with E-state index in [2.05, 4.69) is 5.32 Å². The molecule has 0 bridgehead atoms. The van der Waals surface area contributed by atoms with Crippen molar-refractivity contribution in [2.45, 2.75) is 6.54 Å². The first-order valence-corrected chi connectivity index (χ1v) is 11.3. The maximum atomic E-state index is 12.9. The third-order valence-corrected chi connectivity index (χ3v) is 6.11. The summed E-state index contributed by atoms with van der Waals surface area (Å²) in [7, 11) is 0. The van der Waals surface area contributed by atoms with Crippen LogP contribution in [0.2, 0.25) is 0 Å². The maximum absolute atomic E-state index is 12.9. The summed E-state index contributed by atoms with van der Waals surface area (Å²) >= 11 is 6.67. The van der Waals surface area contributed by atoms with Crippen LogP contribution >= 0.6 is 24.0 Å². The summed E-state index contributed by atoms with van der Waals surface area (Å²) in [5.74, 6) is -0.333. The molecule has 1 saturated heterocycles. The van der Waals surface area contributed by atoms with Crippen LogP contribution in [0, 0.1) is 5.82 Å². The third-order valence-electron chi connectivity index (χ3n) is 4.73. The number of anilines is 1. The molecule has 0 spiro atoms. The van der Waals surface area contributed by atoms with E-state index >= 15 is 0 Å². The lowest BCUT2D eigenvalue weighted by Gasteiger charge is -2.14. The number of hydrogen-bond acceptors (Lipinski definition) is 5. The SMILES string of the molecule is O=C(COc1ccc(/C=C2\SC(=S)N(Cc3ccccc3)C2=O)cc1)Nc1ccc(F)cc1. The van der Waals surface area contributed by atoms with E-state index in [1.807, 2.05) is 30.3 Å². The van der Waals surface area contributed by atoms with Crippen molar-refractivity contribution in [2.75, 3.05) is 11.9 Å². The van der Waals surface area contributed by atoms with E-state index < -0.39 is 0 Å². The van der Waals surface area contributed by atoms with Crippen LogP contribution in [0.25, 0.3) is 6.08 Å². The molecular formula is C25H19FN2O3S2. The number of benzene rings is 3. The molecule has 2 amide bonds. The zero-order chi connectivity index (χ0) is 23.2. The number of halogens is 1. The second-order valence-corrected chi connectivity index (χ2v) is 8.84. The minimum atomic E-state index is -0.372. The van der Waals surface area contributed by atoms with E-state index in [4.69, 9.17) is 17.0 Å². The fourth-order valence-corrected chi connectivity index (χ4v) is 4.35. The third kappa shape index (κ3) is 6.06. The van der Waals surface area contributed by atoms with Gasteiger partial charge in [0.15, 0.2) is 6.61 Å². The molecule has 3 aromatic carbocycles. The maximum Gasteiger partial charge on any atom is 0.266 e. The number of nitrogens with one attached hydrogen (secondary N) is 1. The summed E-state index contributed by atoms with van der Waals surface area (Å²) in [6.45, 7) is 0.254. The number of ether oxygens (including phenoxy) is 1. The van der Waals surface area contributed by atoms with Crippen LogP contribution in [-0.2, 0) is 16.1 Å². The van der Waals surface area contributed by atoms with Gasteiger partial charge in [-0.05, 0) is 53.6 Å². The minimum Gasteiger partial charge on any atom is -0.484 e. The average Bonchev–Trinajstić information content (AvgIpc) is 3.08. The Labute approximate surface area is 200 Å². The number of nitrogens with zero attached hydrogens (tertiary/aromatic N) is 1. The van der Waals surface area contributed by atoms with Crippen molar-refractivity contribution >= 4 is 51.9 Å². The van der Waals surface area contributed by atoms with Crippen molar-refractivity contribution < 1.29 is 18.7 Å². The van der Waals surface area contributed by atoms with E-state index in [-0.39, 0.29) is 24.2 Å². The largest absolute Gasteiger partial charge is 0.484 e. The number of carbonyl (C=O) groups excluding carboxylic acids is 2. The summed E-state index contributed by atoms with van der Waals surface area (Å²) in [5, 5.41) is 2.63. The predicted octanol–water partition coefficient (Wildman–Crippen LogP) is 5.24. The van der Waals surface area contributed by atoms with Gasteiger partial charge in [0.2, 0.25) is 0 Å². The molecule has 0 saturated carbocycles. The van der Waals surface area contributed by atoms with Gasteiger partial charge in [0.1, 0.15) is 15.9 Å². The Morgan fingerprint density at radius 3 is 2.42 bits per heavy atom. The summed E-state index contributed by atoms with van der Waals surface area (Å²) in [6, 6.07) is 22.3. The van der Waals surface area contributed by atoms with Gasteiger partial charge < -0.3 is 10.1 Å². The highest BCUT2D eigenvalue weighted by Gasteiger charge is 2.31. The molecule has 0 unspecified atom stereocenters. The zero-order valence-electron chi connectivity index (χ0n) is 17.4. The number of amides is 2. The summed E-state index contributed by atoms with van der Waals surface area (Å²) in [4.78, 5) is 27.0. The second kappa shape index (κ2) is 10.4. The van der Waals surface area contributed by atoms with Crippen molar-refractivity contribution in [3.8, 4) is 5.75 Å². The van der Waals surface area contributed by atoms with E-state index in [1.165, 1.54) is 36.0 Å². The predicted molar refractivity (Wildman–Crippen MR) is 132 cm³/mol. The highest BCUT2D eigenvalue weighted by Crippen LogP contribution is 2.33. The van der Waals surface area contributed by atoms with Crippen molar-refractivity contribution in [1.29, 1.82) is 0 Å². The second-order valence-electron chi connectivity index (χ2n) is 7.17. The van der Waals surface area contributed by atoms with Crippen molar-refractivity contribution in [3.63, 3.8) is 0 Å². The van der Waals surface area contributed by atoms with Crippen LogP contribution in [0.5, 0.6) is 5.75 Å². The van der Waals surface area contributed by atoms with Crippen molar-refractivity contribution in [1.82, 2.24) is 4.90 Å². The highest BCUT2D eigenvalue weighted by atomic mass is 32.2. The van der Waals surface area contributed by atoms with Crippen molar-refractivity contribution in [2.24, 2.45) is 0 Å². The molecular weight excluding hydrogens is 459 g/mol. The Morgan fingerprint density at radius 1 is 1.03 bits per heavy atom. The van der Waals surface area contributed by atoms with Gasteiger partial charge in [0.25, 0.3) is 11.8 Å². The van der Waals surface area contributed by atoms with E-state index in [1.54, 1.807) is 35.2 Å². The molecule has 1 heterocycles. The molecule has 5 nitrogen and oxygen atoms in total. The Bertz CT molecular complexity index is 1200. The Kier molecular flexibility index (Phi) is 7.16. The van der Waals surface area contributed by atoms with Gasteiger partial charge in [-0.15, -0.1) is 0 Å². The molecule has 0 aliphatic carbocycles. The fourth-order valence-electron chi connectivity index (χ4n) is 3.09. The molecule has 0 atom stereocenters. The number of rotatable bonds is 7. The van der Waals surface area contributed by atoms with E-state index in [0.717, 1.165) is 11.1 Å². The first-order chi connectivity index (χ1) is 16.0. The molecule has 3 aromatic rings. The van der Waals surface area contributed by atoms with Crippen LogP contribution in [0.3, 0.4) is 0 Å². The topological polar surface area (TPSA) is 58.6 Å². The highest BCUT2D eigenvalue weighted by molar-refractivity contribution is 8.26. The Hall–Kier alpha value is -3.49. The van der Waals surface area contributed by atoms with Gasteiger partial charge in [-0.25, -0.2) is 4.39 Å². The van der Waals surface area contributed by atoms with Gasteiger partial charge in [0.05, 0.1) is 11.4 Å². The quantitative estimate of drug-likeness (QED) is 0.372.